The van der Waals surface area contributed by atoms with Crippen LogP contribution in [0.3, 0.4) is 0 Å². The lowest BCUT2D eigenvalue weighted by atomic mass is 10.2. The summed E-state index contributed by atoms with van der Waals surface area (Å²) < 4.78 is 10.1. The molecule has 1 amide bonds. The zero-order valence-corrected chi connectivity index (χ0v) is 14.8. The number of ether oxygens (including phenoxy) is 1. The highest BCUT2D eigenvalue weighted by molar-refractivity contribution is 6.35. The van der Waals surface area contributed by atoms with Crippen molar-refractivity contribution >= 4 is 34.8 Å². The van der Waals surface area contributed by atoms with Crippen LogP contribution in [0, 0.1) is 6.92 Å². The van der Waals surface area contributed by atoms with Gasteiger partial charge in [-0.2, -0.15) is 5.10 Å². The fourth-order valence-electron chi connectivity index (χ4n) is 1.90. The number of carbonyl (C=O) groups is 1. The summed E-state index contributed by atoms with van der Waals surface area (Å²) in [5.41, 5.74) is 1.42. The molecule has 132 valence electrons. The topological polar surface area (TPSA) is 101 Å². The predicted octanol–water partition coefficient (Wildman–Crippen LogP) is 2.88. The number of rotatable bonds is 5. The molecular weight excluding hydrogens is 371 g/mol. The first kappa shape index (κ1) is 18.8. The second-order valence-electron chi connectivity index (χ2n) is 5.00. The molecule has 0 aliphatic heterocycles. The van der Waals surface area contributed by atoms with E-state index in [1.54, 1.807) is 6.07 Å². The molecule has 0 aliphatic carbocycles. The summed E-state index contributed by atoms with van der Waals surface area (Å²) in [5, 5.41) is 14.3. The number of nitrogens with zero attached hydrogens (tertiary/aromatic N) is 1. The first-order valence-electron chi connectivity index (χ1n) is 7.03. The van der Waals surface area contributed by atoms with E-state index in [0.717, 1.165) is 0 Å². The molecule has 0 saturated heterocycles. The van der Waals surface area contributed by atoms with E-state index in [1.165, 1.54) is 32.0 Å². The van der Waals surface area contributed by atoms with Crippen LogP contribution in [0.2, 0.25) is 10.0 Å². The van der Waals surface area contributed by atoms with Crippen LogP contribution in [-0.4, -0.2) is 23.3 Å². The molecule has 0 bridgehead atoms. The Labute approximate surface area is 152 Å². The van der Waals surface area contributed by atoms with Crippen molar-refractivity contribution < 1.29 is 19.1 Å². The summed E-state index contributed by atoms with van der Waals surface area (Å²) in [5.74, 6) is -0.315. The van der Waals surface area contributed by atoms with Gasteiger partial charge in [0.15, 0.2) is 6.61 Å². The molecule has 0 aliphatic rings. The number of halogens is 2. The quantitative estimate of drug-likeness (QED) is 0.609. The van der Waals surface area contributed by atoms with E-state index >= 15 is 0 Å². The largest absolute Gasteiger partial charge is 0.507 e. The number of benzene rings is 1. The number of aryl methyl sites for hydroxylation is 1. The van der Waals surface area contributed by atoms with Crippen LogP contribution in [0.4, 0.5) is 0 Å². The van der Waals surface area contributed by atoms with Gasteiger partial charge in [-0.3, -0.25) is 4.79 Å². The molecule has 2 aromatic rings. The second-order valence-corrected chi connectivity index (χ2v) is 5.84. The zero-order chi connectivity index (χ0) is 18.6. The van der Waals surface area contributed by atoms with E-state index in [4.69, 9.17) is 32.4 Å². The van der Waals surface area contributed by atoms with Crippen molar-refractivity contribution in [3.05, 3.63) is 56.1 Å². The summed E-state index contributed by atoms with van der Waals surface area (Å²) >= 11 is 11.7. The molecule has 2 N–H and O–H groups in total. The summed E-state index contributed by atoms with van der Waals surface area (Å²) in [6.07, 6.45) is 0. The van der Waals surface area contributed by atoms with Gasteiger partial charge in [0.1, 0.15) is 22.8 Å². The molecule has 9 heteroatoms. The smallest absolute Gasteiger partial charge is 0.348 e. The molecule has 2 rings (SSSR count). The van der Waals surface area contributed by atoms with Crippen molar-refractivity contribution in [2.75, 3.05) is 6.61 Å². The SMILES string of the molecule is CC(=NNC(=O)COc1ccc(Cl)cc1Cl)c1c(O)cc(C)oc1=O. The lowest BCUT2D eigenvalue weighted by molar-refractivity contribution is -0.123. The predicted molar refractivity (Wildman–Crippen MR) is 93.7 cm³/mol. The number of hydrogen-bond donors (Lipinski definition) is 2. The first-order valence-corrected chi connectivity index (χ1v) is 7.78. The standard InChI is InChI=1S/C16H14Cl2N2O5/c1-8-5-12(21)15(16(23)25-8)9(2)19-20-14(22)7-24-13-4-3-10(17)6-11(13)18/h3-6,21H,7H2,1-2H3,(H,20,22). The Morgan fingerprint density at radius 3 is 2.72 bits per heavy atom. The molecule has 7 nitrogen and oxygen atoms in total. The van der Waals surface area contributed by atoms with Crippen LogP contribution in [0.1, 0.15) is 18.2 Å². The maximum absolute atomic E-state index is 11.8. The third-order valence-corrected chi connectivity index (χ3v) is 3.55. The lowest BCUT2D eigenvalue weighted by Gasteiger charge is -2.08. The lowest BCUT2D eigenvalue weighted by Crippen LogP contribution is -2.26. The van der Waals surface area contributed by atoms with Gasteiger partial charge in [0.25, 0.3) is 5.91 Å². The van der Waals surface area contributed by atoms with Crippen LogP contribution in [0.25, 0.3) is 0 Å². The highest BCUT2D eigenvalue weighted by Gasteiger charge is 2.13. The van der Waals surface area contributed by atoms with Gasteiger partial charge in [-0.25, -0.2) is 10.2 Å². The highest BCUT2D eigenvalue weighted by atomic mass is 35.5. The van der Waals surface area contributed by atoms with Crippen molar-refractivity contribution in [2.24, 2.45) is 5.10 Å². The van der Waals surface area contributed by atoms with Gasteiger partial charge >= 0.3 is 5.63 Å². The van der Waals surface area contributed by atoms with Crippen LogP contribution in [0.15, 0.2) is 38.6 Å². The first-order chi connectivity index (χ1) is 11.8. The average molecular weight is 385 g/mol. The van der Waals surface area contributed by atoms with E-state index in [9.17, 15) is 14.7 Å². The Hall–Kier alpha value is -2.51. The molecule has 1 aromatic carbocycles. The molecule has 1 aromatic heterocycles. The molecule has 1 heterocycles. The minimum Gasteiger partial charge on any atom is -0.507 e. The Kier molecular flexibility index (Phi) is 6.06. The Balaban J connectivity index is 2.01. The van der Waals surface area contributed by atoms with Crippen molar-refractivity contribution in [3.63, 3.8) is 0 Å². The van der Waals surface area contributed by atoms with Crippen molar-refractivity contribution in [2.45, 2.75) is 13.8 Å². The number of carbonyl (C=O) groups excluding carboxylic acids is 1. The van der Waals surface area contributed by atoms with Crippen LogP contribution < -0.4 is 15.8 Å². The van der Waals surface area contributed by atoms with Crippen LogP contribution >= 0.6 is 23.2 Å². The zero-order valence-electron chi connectivity index (χ0n) is 13.3. The van der Waals surface area contributed by atoms with Gasteiger partial charge in [0, 0.05) is 11.1 Å². The molecule has 0 fully saturated rings. The van der Waals surface area contributed by atoms with E-state index in [2.05, 4.69) is 10.5 Å². The summed E-state index contributed by atoms with van der Waals surface area (Å²) in [4.78, 5) is 23.5. The third kappa shape index (κ3) is 4.98. The van der Waals surface area contributed by atoms with E-state index in [0.29, 0.717) is 10.8 Å². The fourth-order valence-corrected chi connectivity index (χ4v) is 2.36. The van der Waals surface area contributed by atoms with Crippen molar-refractivity contribution in [3.8, 4) is 11.5 Å². The molecule has 25 heavy (non-hydrogen) atoms. The number of hydrazone groups is 1. The van der Waals surface area contributed by atoms with Gasteiger partial charge in [-0.15, -0.1) is 0 Å². The molecule has 0 radical (unpaired) electrons. The van der Waals surface area contributed by atoms with Gasteiger partial charge in [0.05, 0.1) is 10.7 Å². The molecular formula is C16H14Cl2N2O5. The molecule has 0 saturated carbocycles. The van der Waals surface area contributed by atoms with E-state index in [-0.39, 0.29) is 34.4 Å². The van der Waals surface area contributed by atoms with Crippen molar-refractivity contribution in [1.82, 2.24) is 5.43 Å². The highest BCUT2D eigenvalue weighted by Crippen LogP contribution is 2.27. The van der Waals surface area contributed by atoms with Gasteiger partial charge in [-0.05, 0) is 32.0 Å². The molecule has 0 atom stereocenters. The third-order valence-electron chi connectivity index (χ3n) is 3.02. The normalized spacial score (nSPS) is 11.3. The van der Waals surface area contributed by atoms with Crippen LogP contribution in [0.5, 0.6) is 11.5 Å². The van der Waals surface area contributed by atoms with E-state index in [1.807, 2.05) is 0 Å². The van der Waals surface area contributed by atoms with Gasteiger partial charge in [0.2, 0.25) is 0 Å². The second kappa shape index (κ2) is 8.04. The van der Waals surface area contributed by atoms with Gasteiger partial charge < -0.3 is 14.3 Å². The average Bonchev–Trinajstić information content (AvgIpc) is 2.51. The summed E-state index contributed by atoms with van der Waals surface area (Å²) in [6, 6.07) is 5.87. The van der Waals surface area contributed by atoms with Gasteiger partial charge in [-0.1, -0.05) is 23.2 Å². The molecule has 0 spiro atoms. The van der Waals surface area contributed by atoms with E-state index < -0.39 is 11.5 Å². The number of hydrogen-bond acceptors (Lipinski definition) is 6. The maximum Gasteiger partial charge on any atom is 0.348 e. The summed E-state index contributed by atoms with van der Waals surface area (Å²) in [7, 11) is 0. The number of amides is 1. The Morgan fingerprint density at radius 2 is 2.08 bits per heavy atom. The minimum atomic E-state index is -0.753. The molecule has 0 unspecified atom stereocenters. The Morgan fingerprint density at radius 1 is 1.36 bits per heavy atom. The minimum absolute atomic E-state index is 0.0872. The summed E-state index contributed by atoms with van der Waals surface area (Å²) in [6.45, 7) is 2.61. The van der Waals surface area contributed by atoms with Crippen LogP contribution in [-0.2, 0) is 4.79 Å². The number of nitrogens with one attached hydrogen (secondary N) is 1. The van der Waals surface area contributed by atoms with Crippen molar-refractivity contribution in [1.29, 1.82) is 0 Å². The monoisotopic (exact) mass is 384 g/mol. The Bertz CT molecular complexity index is 893. The number of aromatic hydroxyl groups is 1. The maximum atomic E-state index is 11.8. The fraction of sp³-hybridized carbons (Fsp3) is 0.188.